The van der Waals surface area contributed by atoms with Crippen LogP contribution in [0, 0.1) is 6.92 Å². The quantitative estimate of drug-likeness (QED) is 0.0893. The SMILES string of the molecule is COc1cnc(-n2cnc(C)n2)c2[nH]cc(C(=O)C(=O)N3CCN(C(=O)c4ccccc4)[C@H](C)C3)c12.COc1cnc(-n2cncn2)c2[nH]cc(C(=O)C(=O)N3CCN(C(=O)c4ccccc4)CC3)c12.COc1cnc(-n2cncn2)c2[nH]cc(C(=O)C(=O)N3CCN(C(=O)c4ccccc4)[C@H](C)C3)c12. The monoisotopic (exact) mass is 1420 g/mol. The molecule has 0 saturated carbocycles. The first-order chi connectivity index (χ1) is 51.0. The highest BCUT2D eigenvalue weighted by Crippen LogP contribution is 2.35. The molecule has 3 aliphatic heterocycles. The minimum atomic E-state index is -0.666. The summed E-state index contributed by atoms with van der Waals surface area (Å²) in [6.45, 7) is 8.47. The van der Waals surface area contributed by atoms with Crippen LogP contribution in [-0.4, -0.2) is 255 Å². The lowest BCUT2D eigenvalue weighted by Crippen LogP contribution is -2.56. The van der Waals surface area contributed by atoms with E-state index in [-0.39, 0.29) is 85.8 Å². The molecule has 0 spiro atoms. The molecular formula is C72H69N21O12. The number of pyridine rings is 3. The molecule has 3 saturated heterocycles. The van der Waals surface area contributed by atoms with Gasteiger partial charge in [-0.2, -0.15) is 15.3 Å². The van der Waals surface area contributed by atoms with Gasteiger partial charge in [-0.1, -0.05) is 54.6 Å². The van der Waals surface area contributed by atoms with E-state index < -0.39 is 35.1 Å². The molecule has 0 radical (unpaired) electrons. The van der Waals surface area contributed by atoms with Crippen LogP contribution >= 0.6 is 0 Å². The summed E-state index contributed by atoms with van der Waals surface area (Å²) in [5.41, 5.74) is 3.84. The molecule has 0 aliphatic carbocycles. The summed E-state index contributed by atoms with van der Waals surface area (Å²) in [5, 5.41) is 13.8. The number of amides is 6. The number of piperazine rings is 3. The molecule has 105 heavy (non-hydrogen) atoms. The van der Waals surface area contributed by atoms with Crippen molar-refractivity contribution in [3.05, 3.63) is 199 Å². The second kappa shape index (κ2) is 30.3. The van der Waals surface area contributed by atoms with E-state index in [0.29, 0.717) is 116 Å². The summed E-state index contributed by atoms with van der Waals surface area (Å²) in [6.07, 6.45) is 16.1. The molecule has 33 heteroatoms. The average Bonchev–Trinajstić information content (AvgIpc) is 1.65. The van der Waals surface area contributed by atoms with Gasteiger partial charge in [0.15, 0.2) is 17.5 Å². The van der Waals surface area contributed by atoms with Gasteiger partial charge in [-0.3, -0.25) is 43.2 Å². The first kappa shape index (κ1) is 69.8. The lowest BCUT2D eigenvalue weighted by Gasteiger charge is -2.39. The Hall–Kier alpha value is -13.6. The largest absolute Gasteiger partial charge is 0.494 e. The van der Waals surface area contributed by atoms with E-state index >= 15 is 0 Å². The van der Waals surface area contributed by atoms with Crippen molar-refractivity contribution in [2.45, 2.75) is 32.9 Å². The molecule has 15 rings (SSSR count). The van der Waals surface area contributed by atoms with Gasteiger partial charge < -0.3 is 58.6 Å². The molecule has 0 unspecified atom stereocenters. The molecule has 33 nitrogen and oxygen atoms in total. The van der Waals surface area contributed by atoms with E-state index in [1.807, 2.05) is 68.4 Å². The first-order valence-corrected chi connectivity index (χ1v) is 33.2. The summed E-state index contributed by atoms with van der Waals surface area (Å²) in [5.74, 6) is -1.25. The van der Waals surface area contributed by atoms with Crippen LogP contribution in [-0.2, 0) is 14.4 Å². The molecule has 3 aromatic carbocycles. The number of rotatable bonds is 15. The van der Waals surface area contributed by atoms with Gasteiger partial charge in [-0.25, -0.2) is 43.9 Å². The Morgan fingerprint density at radius 2 is 0.752 bits per heavy atom. The number of methoxy groups -OCH3 is 3. The summed E-state index contributed by atoms with van der Waals surface area (Å²) in [4.78, 5) is 162. The fraction of sp³-hybridized carbons (Fsp3) is 0.250. The molecular weight excluding hydrogens is 1350 g/mol. The maximum Gasteiger partial charge on any atom is 0.295 e. The fourth-order valence-corrected chi connectivity index (χ4v) is 13.0. The number of ketones is 3. The number of aromatic amines is 3. The zero-order valence-corrected chi connectivity index (χ0v) is 57.7. The Morgan fingerprint density at radius 1 is 0.410 bits per heavy atom. The van der Waals surface area contributed by atoms with Crippen LogP contribution in [0.15, 0.2) is 160 Å². The number of aromatic nitrogens is 15. The van der Waals surface area contributed by atoms with Crippen LogP contribution < -0.4 is 14.2 Å². The van der Waals surface area contributed by atoms with Gasteiger partial charge in [0, 0.05) is 113 Å². The average molecular weight is 1420 g/mol. The molecule has 6 amide bonds. The third kappa shape index (κ3) is 13.9. The highest BCUT2D eigenvalue weighted by atomic mass is 16.5. The summed E-state index contributed by atoms with van der Waals surface area (Å²) < 4.78 is 20.7. The van der Waals surface area contributed by atoms with E-state index in [0.717, 1.165) is 0 Å². The highest BCUT2D eigenvalue weighted by Gasteiger charge is 2.38. The van der Waals surface area contributed by atoms with Crippen molar-refractivity contribution < 1.29 is 57.4 Å². The number of Topliss-reactive ketones (excluding diaryl/α,β-unsaturated/α-hetero) is 3. The van der Waals surface area contributed by atoms with E-state index in [2.05, 4.69) is 60.2 Å². The number of fused-ring (bicyclic) bond motifs is 3. The Labute approximate surface area is 597 Å². The molecule has 3 N–H and O–H groups in total. The van der Waals surface area contributed by atoms with Crippen molar-refractivity contribution in [3.8, 4) is 34.7 Å². The summed E-state index contributed by atoms with van der Waals surface area (Å²) >= 11 is 0. The number of aryl methyl sites for hydroxylation is 1. The van der Waals surface area contributed by atoms with E-state index in [4.69, 9.17) is 14.2 Å². The number of carbonyl (C=O) groups is 9. The Morgan fingerprint density at radius 3 is 1.09 bits per heavy atom. The maximum atomic E-state index is 13.4. The molecule has 3 fully saturated rings. The summed E-state index contributed by atoms with van der Waals surface area (Å²) in [7, 11) is 4.42. The molecule has 0 bridgehead atoms. The number of benzene rings is 3. The van der Waals surface area contributed by atoms with Crippen molar-refractivity contribution in [2.75, 3.05) is 86.8 Å². The molecule has 12 heterocycles. The van der Waals surface area contributed by atoms with Crippen molar-refractivity contribution in [1.29, 1.82) is 0 Å². The zero-order valence-electron chi connectivity index (χ0n) is 57.7. The first-order valence-electron chi connectivity index (χ1n) is 33.2. The number of nitrogens with zero attached hydrogens (tertiary/aromatic N) is 18. The van der Waals surface area contributed by atoms with Crippen molar-refractivity contribution in [3.63, 3.8) is 0 Å². The van der Waals surface area contributed by atoms with Crippen molar-refractivity contribution >= 4 is 85.5 Å². The van der Waals surface area contributed by atoms with Crippen LogP contribution in [0.5, 0.6) is 17.2 Å². The smallest absolute Gasteiger partial charge is 0.295 e. The lowest BCUT2D eigenvalue weighted by atomic mass is 10.1. The Kier molecular flexibility index (Phi) is 20.2. The maximum absolute atomic E-state index is 13.4. The van der Waals surface area contributed by atoms with E-state index in [9.17, 15) is 43.2 Å². The number of nitrogens with one attached hydrogen (secondary N) is 3. The number of ether oxygens (including phenoxy) is 3. The number of hydrogen-bond donors (Lipinski definition) is 3. The predicted molar refractivity (Wildman–Crippen MR) is 376 cm³/mol. The zero-order chi connectivity index (χ0) is 73.6. The standard InChI is InChI=1S/C25H25N7O4.C24H23N7O4.C23H21N7O4/c1-15-13-30(9-10-31(15)24(34)17-7-5-4-6-8-17)25(35)22(33)18-11-26-21-20(18)19(36-3)12-27-23(21)32-14-28-16(2)29-32;1-15-12-29(8-9-30(15)23(33)16-6-4-3-5-7-16)24(34)21(32)17-10-26-20-19(17)18(35-2)11-27-22(20)31-14-25-13-28-31;1-34-17-12-26-21(30-14-24-13-27-30)19-18(17)16(11-25-19)20(31)23(33)29-9-7-28(8-10-29)22(32)15-5-3-2-4-6-15/h4-8,11-12,14-15,26H,9-10,13H2,1-3H3;3-7,10-11,13-15,26H,8-9,12H2,1-2H3;2-6,11-14,25H,7-10H2,1H3/t2*15-;/m11./s1. The molecule has 534 valence electrons. The molecule has 2 atom stereocenters. The van der Waals surface area contributed by atoms with Gasteiger partial charge >= 0.3 is 0 Å². The third-order valence-corrected chi connectivity index (χ3v) is 18.3. The molecule has 9 aromatic heterocycles. The topological polar surface area (TPSA) is 379 Å². The van der Waals surface area contributed by atoms with Gasteiger partial charge in [0.25, 0.3) is 52.8 Å². The van der Waals surface area contributed by atoms with Crippen LogP contribution in [0.2, 0.25) is 0 Å². The normalized spacial score (nSPS) is 15.2. The second-order valence-corrected chi connectivity index (χ2v) is 24.6. The third-order valence-electron chi connectivity index (χ3n) is 18.3. The highest BCUT2D eigenvalue weighted by molar-refractivity contribution is 6.46. The van der Waals surface area contributed by atoms with E-state index in [1.165, 1.54) is 119 Å². The Balaban J connectivity index is 0.000000140. The van der Waals surface area contributed by atoms with Crippen LogP contribution in [0.3, 0.4) is 0 Å². The van der Waals surface area contributed by atoms with Gasteiger partial charge in [0.2, 0.25) is 0 Å². The van der Waals surface area contributed by atoms with Gasteiger partial charge in [0.05, 0.1) is 89.3 Å². The van der Waals surface area contributed by atoms with Gasteiger partial charge in [-0.15, -0.1) is 0 Å². The number of hydrogen-bond acceptors (Lipinski definition) is 21. The minimum absolute atomic E-state index is 0.0893. The predicted octanol–water partition coefficient (Wildman–Crippen LogP) is 5.04. The summed E-state index contributed by atoms with van der Waals surface area (Å²) in [6, 6.07) is 26.5. The number of H-pyrrole nitrogens is 3. The lowest BCUT2D eigenvalue weighted by molar-refractivity contribution is -0.129. The van der Waals surface area contributed by atoms with Crippen LogP contribution in [0.1, 0.15) is 81.8 Å². The number of carbonyl (C=O) groups excluding carboxylic acids is 9. The van der Waals surface area contributed by atoms with E-state index in [1.54, 1.807) is 58.0 Å². The van der Waals surface area contributed by atoms with Gasteiger partial charge in [-0.05, 0) is 57.2 Å². The minimum Gasteiger partial charge on any atom is -0.494 e. The van der Waals surface area contributed by atoms with Crippen molar-refractivity contribution in [1.82, 2.24) is 104 Å². The van der Waals surface area contributed by atoms with Crippen LogP contribution in [0.4, 0.5) is 0 Å². The second-order valence-electron chi connectivity index (χ2n) is 24.6. The molecule has 12 aromatic rings. The van der Waals surface area contributed by atoms with Gasteiger partial charge in [0.1, 0.15) is 54.7 Å². The fourth-order valence-electron chi connectivity index (χ4n) is 13.0. The van der Waals surface area contributed by atoms with Crippen LogP contribution in [0.25, 0.3) is 50.2 Å². The Bertz CT molecular complexity index is 5240. The van der Waals surface area contributed by atoms with Crippen molar-refractivity contribution in [2.24, 2.45) is 0 Å². The molecule has 3 aliphatic rings.